The summed E-state index contributed by atoms with van der Waals surface area (Å²) in [4.78, 5) is 1.18. The summed E-state index contributed by atoms with van der Waals surface area (Å²) >= 11 is 1.48. The van der Waals surface area contributed by atoms with Gasteiger partial charge in [0.1, 0.15) is 23.9 Å². The molecule has 0 bridgehead atoms. The van der Waals surface area contributed by atoms with E-state index >= 15 is 0 Å². The molecule has 3 nitrogen and oxygen atoms in total. The first-order valence-corrected chi connectivity index (χ1v) is 7.65. The highest BCUT2D eigenvalue weighted by Crippen LogP contribution is 2.22. The molecule has 1 aromatic heterocycles. The smallest absolute Gasteiger partial charge is 0.131 e. The fraction of sp³-hybridized carbons (Fsp3) is 0.167. The van der Waals surface area contributed by atoms with E-state index in [-0.39, 0.29) is 0 Å². The lowest BCUT2D eigenvalue weighted by Gasteiger charge is -2.08. The van der Waals surface area contributed by atoms with Crippen molar-refractivity contribution in [3.63, 3.8) is 0 Å². The molecule has 2 rings (SSSR count). The first-order valence-electron chi connectivity index (χ1n) is 6.88. The molecule has 0 atom stereocenters. The number of nitrogens with zero attached hydrogens (tertiary/aromatic N) is 1. The Morgan fingerprint density at radius 2 is 2.00 bits per heavy atom. The van der Waals surface area contributed by atoms with Gasteiger partial charge in [0.25, 0.3) is 0 Å². The van der Waals surface area contributed by atoms with Crippen LogP contribution in [-0.4, -0.2) is 4.37 Å². The van der Waals surface area contributed by atoms with Crippen molar-refractivity contribution in [2.45, 2.75) is 20.5 Å². The summed E-state index contributed by atoms with van der Waals surface area (Å²) in [6.45, 7) is 12.0. The zero-order chi connectivity index (χ0) is 15.9. The van der Waals surface area contributed by atoms with E-state index < -0.39 is 0 Å². The zero-order valence-electron chi connectivity index (χ0n) is 12.8. The fourth-order valence-corrected chi connectivity index (χ4v) is 2.25. The average Bonchev–Trinajstić information content (AvgIpc) is 2.89. The summed E-state index contributed by atoms with van der Waals surface area (Å²) in [5.41, 5.74) is 1.88. The summed E-state index contributed by atoms with van der Waals surface area (Å²) in [7, 11) is 0. The Kier molecular flexibility index (Phi) is 5.55. The Morgan fingerprint density at radius 1 is 1.23 bits per heavy atom. The molecular formula is C18H19NO2S. The molecule has 114 valence electrons. The van der Waals surface area contributed by atoms with Gasteiger partial charge in [-0.1, -0.05) is 30.9 Å². The molecule has 0 saturated carbocycles. The molecule has 0 aliphatic heterocycles. The van der Waals surface area contributed by atoms with Gasteiger partial charge in [0.15, 0.2) is 0 Å². The summed E-state index contributed by atoms with van der Waals surface area (Å²) in [6.07, 6.45) is 3.64. The SMILES string of the molecule is C=C(C)/C=C\C(=C)Oc1cccc(OCc2cc(C)sn2)c1. The minimum absolute atomic E-state index is 0.449. The molecule has 0 spiro atoms. The topological polar surface area (TPSA) is 31.4 Å². The van der Waals surface area contributed by atoms with Gasteiger partial charge < -0.3 is 9.47 Å². The van der Waals surface area contributed by atoms with E-state index in [2.05, 4.69) is 17.5 Å². The van der Waals surface area contributed by atoms with Crippen molar-refractivity contribution < 1.29 is 9.47 Å². The number of aryl methyl sites for hydroxylation is 1. The molecular weight excluding hydrogens is 294 g/mol. The number of aromatic nitrogens is 1. The average molecular weight is 313 g/mol. The number of ether oxygens (including phenoxy) is 2. The first kappa shape index (κ1) is 16.0. The van der Waals surface area contributed by atoms with Crippen LogP contribution < -0.4 is 9.47 Å². The van der Waals surface area contributed by atoms with Crippen molar-refractivity contribution in [3.8, 4) is 11.5 Å². The van der Waals surface area contributed by atoms with Crippen molar-refractivity contribution in [1.82, 2.24) is 4.37 Å². The van der Waals surface area contributed by atoms with Crippen LogP contribution >= 0.6 is 11.5 Å². The number of hydrogen-bond donors (Lipinski definition) is 0. The highest BCUT2D eigenvalue weighted by Gasteiger charge is 2.02. The second-order valence-corrected chi connectivity index (χ2v) is 5.95. The van der Waals surface area contributed by atoms with Crippen molar-refractivity contribution in [2.24, 2.45) is 0 Å². The Balaban J connectivity index is 1.94. The largest absolute Gasteiger partial charge is 0.487 e. The van der Waals surface area contributed by atoms with Gasteiger partial charge in [0.2, 0.25) is 0 Å². The minimum atomic E-state index is 0.449. The molecule has 0 amide bonds. The van der Waals surface area contributed by atoms with Crippen LogP contribution in [0.15, 0.2) is 67.0 Å². The Hall–Kier alpha value is -2.33. The second kappa shape index (κ2) is 7.61. The van der Waals surface area contributed by atoms with Gasteiger partial charge in [-0.05, 0) is 49.7 Å². The van der Waals surface area contributed by atoms with Gasteiger partial charge in [-0.25, -0.2) is 0 Å². The summed E-state index contributed by atoms with van der Waals surface area (Å²) < 4.78 is 15.7. The molecule has 2 aromatic rings. The van der Waals surface area contributed by atoms with E-state index in [0.717, 1.165) is 17.0 Å². The van der Waals surface area contributed by atoms with E-state index in [1.807, 2.05) is 50.3 Å². The van der Waals surface area contributed by atoms with Gasteiger partial charge in [-0.2, -0.15) is 4.37 Å². The molecule has 1 aromatic carbocycles. The van der Waals surface area contributed by atoms with E-state index in [0.29, 0.717) is 18.1 Å². The standard InChI is InChI=1S/C18H19NO2S/c1-13(2)8-9-14(3)21-18-7-5-6-17(11-18)20-12-16-10-15(4)22-19-16/h5-11H,1,3,12H2,2,4H3/b9-8-. The van der Waals surface area contributed by atoms with E-state index in [1.54, 1.807) is 6.08 Å². The van der Waals surface area contributed by atoms with E-state index in [4.69, 9.17) is 9.47 Å². The van der Waals surface area contributed by atoms with Gasteiger partial charge in [0.05, 0.1) is 5.69 Å². The van der Waals surface area contributed by atoms with Crippen molar-refractivity contribution in [3.05, 3.63) is 77.5 Å². The summed E-state index contributed by atoms with van der Waals surface area (Å²) in [5, 5.41) is 0. The van der Waals surface area contributed by atoms with Crippen LogP contribution in [0.25, 0.3) is 0 Å². The van der Waals surface area contributed by atoms with E-state index in [9.17, 15) is 0 Å². The second-order valence-electron chi connectivity index (χ2n) is 4.94. The van der Waals surface area contributed by atoms with Crippen LogP contribution in [0.1, 0.15) is 17.5 Å². The maximum Gasteiger partial charge on any atom is 0.131 e. The number of benzene rings is 1. The monoisotopic (exact) mass is 313 g/mol. The molecule has 0 aliphatic carbocycles. The minimum Gasteiger partial charge on any atom is -0.487 e. The molecule has 1 heterocycles. The summed E-state index contributed by atoms with van der Waals surface area (Å²) in [6, 6.07) is 9.49. The Morgan fingerprint density at radius 3 is 2.68 bits per heavy atom. The van der Waals surface area contributed by atoms with Crippen LogP contribution in [-0.2, 0) is 6.61 Å². The third-order valence-electron chi connectivity index (χ3n) is 2.67. The maximum absolute atomic E-state index is 5.73. The quantitative estimate of drug-likeness (QED) is 0.529. The van der Waals surface area contributed by atoms with Crippen molar-refractivity contribution in [2.75, 3.05) is 0 Å². The lowest BCUT2D eigenvalue weighted by Crippen LogP contribution is -1.96. The molecule has 22 heavy (non-hydrogen) atoms. The predicted molar refractivity (Wildman–Crippen MR) is 91.3 cm³/mol. The normalized spacial score (nSPS) is 10.6. The first-order chi connectivity index (χ1) is 10.5. The Bertz CT molecular complexity index is 701. The van der Waals surface area contributed by atoms with Crippen LogP contribution in [0.3, 0.4) is 0 Å². The lowest BCUT2D eigenvalue weighted by molar-refractivity contribution is 0.301. The van der Waals surface area contributed by atoms with Crippen LogP contribution in [0, 0.1) is 6.92 Å². The molecule has 0 unspecified atom stereocenters. The number of hydrogen-bond acceptors (Lipinski definition) is 4. The van der Waals surface area contributed by atoms with Crippen LogP contribution in [0.5, 0.6) is 11.5 Å². The number of rotatable bonds is 7. The molecule has 0 radical (unpaired) electrons. The maximum atomic E-state index is 5.73. The van der Waals surface area contributed by atoms with Crippen molar-refractivity contribution >= 4 is 11.5 Å². The molecule has 0 aliphatic rings. The van der Waals surface area contributed by atoms with Crippen molar-refractivity contribution in [1.29, 1.82) is 0 Å². The van der Waals surface area contributed by atoms with Crippen LogP contribution in [0.2, 0.25) is 0 Å². The van der Waals surface area contributed by atoms with Gasteiger partial charge in [-0.15, -0.1) is 0 Å². The Labute approximate surface area is 135 Å². The van der Waals surface area contributed by atoms with E-state index in [1.165, 1.54) is 16.4 Å². The zero-order valence-corrected chi connectivity index (χ0v) is 13.7. The highest BCUT2D eigenvalue weighted by atomic mass is 32.1. The number of allylic oxidation sites excluding steroid dienone is 3. The molecule has 4 heteroatoms. The highest BCUT2D eigenvalue weighted by molar-refractivity contribution is 7.05. The lowest BCUT2D eigenvalue weighted by atomic mass is 10.3. The third kappa shape index (κ3) is 5.22. The fourth-order valence-electron chi connectivity index (χ4n) is 1.69. The van der Waals surface area contributed by atoms with Crippen LogP contribution in [0.4, 0.5) is 0 Å². The third-order valence-corrected chi connectivity index (χ3v) is 3.40. The molecule has 0 saturated heterocycles. The predicted octanol–water partition coefficient (Wildman–Crippen LogP) is 5.06. The molecule has 0 N–H and O–H groups in total. The molecule has 0 fully saturated rings. The summed E-state index contributed by atoms with van der Waals surface area (Å²) in [5.74, 6) is 1.97. The van der Waals surface area contributed by atoms with Gasteiger partial charge in [0, 0.05) is 10.9 Å². The van der Waals surface area contributed by atoms with Gasteiger partial charge in [-0.3, -0.25) is 0 Å². The van der Waals surface area contributed by atoms with Gasteiger partial charge >= 0.3 is 0 Å².